The Morgan fingerprint density at radius 2 is 1.62 bits per heavy atom. The van der Waals surface area contributed by atoms with E-state index in [9.17, 15) is 0 Å². The highest BCUT2D eigenvalue weighted by atomic mass is 15.1. The molecule has 0 atom stereocenters. The highest BCUT2D eigenvalue weighted by Crippen LogP contribution is 2.22. The van der Waals surface area contributed by atoms with Crippen LogP contribution in [0.5, 0.6) is 0 Å². The van der Waals surface area contributed by atoms with Gasteiger partial charge >= 0.3 is 0 Å². The molecule has 0 bridgehead atoms. The smallest absolute Gasteiger partial charge is 0.0434 e. The number of aryl methyl sites for hydroxylation is 3. The average Bonchev–Trinajstić information content (AvgIpc) is 2.46. The van der Waals surface area contributed by atoms with Gasteiger partial charge in [-0.15, -0.1) is 0 Å². The molecule has 0 spiro atoms. The van der Waals surface area contributed by atoms with Crippen molar-refractivity contribution < 1.29 is 0 Å². The first kappa shape index (κ1) is 15.6. The number of hydrogen-bond donors (Lipinski definition) is 1. The highest BCUT2D eigenvalue weighted by Gasteiger charge is 2.10. The third kappa shape index (κ3) is 4.08. The second-order valence-corrected chi connectivity index (χ2v) is 5.77. The van der Waals surface area contributed by atoms with Crippen LogP contribution in [0.15, 0.2) is 42.5 Å². The number of nitrogens with zero attached hydrogens (tertiary/aromatic N) is 1. The number of anilines is 1. The molecule has 0 amide bonds. The minimum atomic E-state index is 0.731. The normalized spacial score (nSPS) is 10.7. The summed E-state index contributed by atoms with van der Waals surface area (Å²) in [6.07, 6.45) is 1.01. The van der Waals surface area contributed by atoms with Gasteiger partial charge in [0, 0.05) is 18.8 Å². The van der Waals surface area contributed by atoms with Crippen LogP contribution < -0.4 is 10.6 Å². The molecule has 2 aromatic carbocycles. The lowest BCUT2D eigenvalue weighted by molar-refractivity contribution is 0.731. The van der Waals surface area contributed by atoms with E-state index in [-0.39, 0.29) is 0 Å². The van der Waals surface area contributed by atoms with Gasteiger partial charge in [-0.2, -0.15) is 0 Å². The maximum atomic E-state index is 5.71. The molecule has 21 heavy (non-hydrogen) atoms. The van der Waals surface area contributed by atoms with Crippen LogP contribution in [0, 0.1) is 20.8 Å². The summed E-state index contributed by atoms with van der Waals surface area (Å²) in [6.45, 7) is 9.20. The monoisotopic (exact) mass is 282 g/mol. The van der Waals surface area contributed by atoms with Crippen LogP contribution in [-0.4, -0.2) is 13.1 Å². The molecule has 112 valence electrons. The Hall–Kier alpha value is -1.80. The molecule has 0 radical (unpaired) electrons. The number of benzene rings is 2. The van der Waals surface area contributed by atoms with Crippen LogP contribution >= 0.6 is 0 Å². The molecule has 2 heteroatoms. The van der Waals surface area contributed by atoms with E-state index in [1.165, 1.54) is 27.9 Å². The minimum Gasteiger partial charge on any atom is -0.367 e. The van der Waals surface area contributed by atoms with E-state index in [1.807, 2.05) is 0 Å². The van der Waals surface area contributed by atoms with Gasteiger partial charge in [0.25, 0.3) is 0 Å². The number of hydrogen-bond acceptors (Lipinski definition) is 2. The van der Waals surface area contributed by atoms with Crippen molar-refractivity contribution in [3.8, 4) is 0 Å². The summed E-state index contributed by atoms with van der Waals surface area (Å²) in [6, 6.07) is 15.2. The van der Waals surface area contributed by atoms with Crippen molar-refractivity contribution in [2.45, 2.75) is 33.7 Å². The zero-order chi connectivity index (χ0) is 15.2. The summed E-state index contributed by atoms with van der Waals surface area (Å²) in [7, 11) is 0. The molecule has 0 aliphatic carbocycles. The third-order valence-corrected chi connectivity index (χ3v) is 3.99. The molecular formula is C19H26N2. The summed E-state index contributed by atoms with van der Waals surface area (Å²) in [4.78, 5) is 2.44. The Kier molecular flexibility index (Phi) is 5.40. The summed E-state index contributed by atoms with van der Waals surface area (Å²) >= 11 is 0. The van der Waals surface area contributed by atoms with Crippen LogP contribution in [0.1, 0.15) is 28.7 Å². The van der Waals surface area contributed by atoms with Crippen molar-refractivity contribution >= 4 is 5.69 Å². The fraction of sp³-hybridized carbons (Fsp3) is 0.368. The Morgan fingerprint density at radius 3 is 2.24 bits per heavy atom. The summed E-state index contributed by atoms with van der Waals surface area (Å²) in [5, 5.41) is 0. The van der Waals surface area contributed by atoms with E-state index in [4.69, 9.17) is 5.73 Å². The average molecular weight is 282 g/mol. The van der Waals surface area contributed by atoms with Crippen LogP contribution in [-0.2, 0) is 6.54 Å². The van der Waals surface area contributed by atoms with Gasteiger partial charge in [-0.1, -0.05) is 30.3 Å². The second-order valence-electron chi connectivity index (χ2n) is 5.77. The molecule has 2 nitrogen and oxygen atoms in total. The first-order valence-electron chi connectivity index (χ1n) is 7.68. The van der Waals surface area contributed by atoms with E-state index in [1.54, 1.807) is 0 Å². The van der Waals surface area contributed by atoms with Crippen molar-refractivity contribution in [3.05, 3.63) is 64.7 Å². The highest BCUT2D eigenvalue weighted by molar-refractivity contribution is 5.50. The van der Waals surface area contributed by atoms with Gasteiger partial charge in [0.2, 0.25) is 0 Å². The predicted molar refractivity (Wildman–Crippen MR) is 91.8 cm³/mol. The van der Waals surface area contributed by atoms with Gasteiger partial charge in [-0.3, -0.25) is 0 Å². The van der Waals surface area contributed by atoms with Gasteiger partial charge in [0.15, 0.2) is 0 Å². The maximum Gasteiger partial charge on any atom is 0.0434 e. The molecule has 0 unspecified atom stereocenters. The van der Waals surface area contributed by atoms with E-state index < -0.39 is 0 Å². The van der Waals surface area contributed by atoms with Crippen molar-refractivity contribution in [1.82, 2.24) is 0 Å². The molecule has 0 aromatic heterocycles. The Labute approximate surface area is 128 Å². The second kappa shape index (κ2) is 7.28. The molecule has 0 aliphatic rings. The number of rotatable bonds is 6. The molecule has 0 saturated heterocycles. The van der Waals surface area contributed by atoms with Gasteiger partial charge in [-0.25, -0.2) is 0 Å². The number of nitrogens with two attached hydrogens (primary N) is 1. The van der Waals surface area contributed by atoms with Crippen molar-refractivity contribution in [3.63, 3.8) is 0 Å². The van der Waals surface area contributed by atoms with Gasteiger partial charge in [0.05, 0.1) is 0 Å². The van der Waals surface area contributed by atoms with Crippen LogP contribution in [0.25, 0.3) is 0 Å². The Bertz CT molecular complexity index is 570. The lowest BCUT2D eigenvalue weighted by Gasteiger charge is -2.27. The van der Waals surface area contributed by atoms with E-state index >= 15 is 0 Å². The first-order chi connectivity index (χ1) is 10.1. The van der Waals surface area contributed by atoms with E-state index in [0.29, 0.717) is 0 Å². The fourth-order valence-electron chi connectivity index (χ4n) is 2.70. The van der Waals surface area contributed by atoms with Crippen LogP contribution in [0.2, 0.25) is 0 Å². The maximum absolute atomic E-state index is 5.71. The van der Waals surface area contributed by atoms with Crippen molar-refractivity contribution in [2.75, 3.05) is 18.0 Å². The predicted octanol–water partition coefficient (Wildman–Crippen LogP) is 3.97. The Balaban J connectivity index is 2.28. The van der Waals surface area contributed by atoms with Crippen LogP contribution in [0.4, 0.5) is 5.69 Å². The molecule has 0 heterocycles. The molecular weight excluding hydrogens is 256 g/mol. The first-order valence-corrected chi connectivity index (χ1v) is 7.68. The topological polar surface area (TPSA) is 29.3 Å². The molecule has 2 N–H and O–H groups in total. The van der Waals surface area contributed by atoms with Gasteiger partial charge in [0.1, 0.15) is 0 Å². The molecule has 2 rings (SSSR count). The summed E-state index contributed by atoms with van der Waals surface area (Å²) in [5.74, 6) is 0. The van der Waals surface area contributed by atoms with Crippen molar-refractivity contribution in [2.24, 2.45) is 5.73 Å². The van der Waals surface area contributed by atoms with Gasteiger partial charge < -0.3 is 10.6 Å². The van der Waals surface area contributed by atoms with E-state index in [0.717, 1.165) is 26.1 Å². The zero-order valence-corrected chi connectivity index (χ0v) is 13.4. The summed E-state index contributed by atoms with van der Waals surface area (Å²) in [5.41, 5.74) is 12.4. The largest absolute Gasteiger partial charge is 0.367 e. The molecule has 0 aliphatic heterocycles. The standard InChI is InChI=1S/C19H26N2/c1-15-7-4-10-18(13-15)21(12-6-11-20)14-19-16(2)8-5-9-17(19)3/h4-5,7-10,13H,6,11-12,14,20H2,1-3H3. The van der Waals surface area contributed by atoms with Gasteiger partial charge in [-0.05, 0) is 68.1 Å². The van der Waals surface area contributed by atoms with E-state index in [2.05, 4.69) is 68.1 Å². The van der Waals surface area contributed by atoms with Crippen LogP contribution in [0.3, 0.4) is 0 Å². The minimum absolute atomic E-state index is 0.731. The Morgan fingerprint density at radius 1 is 0.952 bits per heavy atom. The molecule has 2 aromatic rings. The molecule has 0 saturated carbocycles. The molecule has 0 fully saturated rings. The fourth-order valence-corrected chi connectivity index (χ4v) is 2.70. The van der Waals surface area contributed by atoms with Crippen molar-refractivity contribution in [1.29, 1.82) is 0 Å². The third-order valence-electron chi connectivity index (χ3n) is 3.99. The SMILES string of the molecule is Cc1cccc(N(CCCN)Cc2c(C)cccc2C)c1. The lowest BCUT2D eigenvalue weighted by atomic mass is 10.0. The quantitative estimate of drug-likeness (QED) is 0.868. The lowest BCUT2D eigenvalue weighted by Crippen LogP contribution is -2.26. The summed E-state index contributed by atoms with van der Waals surface area (Å²) < 4.78 is 0. The zero-order valence-electron chi connectivity index (χ0n) is 13.4.